The van der Waals surface area contributed by atoms with E-state index >= 15 is 0 Å². The summed E-state index contributed by atoms with van der Waals surface area (Å²) in [4.78, 5) is 0.228. The number of benzene rings is 2. The van der Waals surface area contributed by atoms with Gasteiger partial charge in [0.2, 0.25) is 0 Å². The largest absolute Gasteiger partial charge is 0.456 e. The monoisotopic (exact) mass is 305 g/mol. The minimum absolute atomic E-state index is 0.0488. The molecule has 21 heavy (non-hydrogen) atoms. The molecule has 0 unspecified atom stereocenters. The molecule has 0 radical (unpaired) electrons. The van der Waals surface area contributed by atoms with Gasteiger partial charge < -0.3 is 10.1 Å². The Bertz CT molecular complexity index is 711. The Hall–Kier alpha value is -1.85. The second-order valence-electron chi connectivity index (χ2n) is 4.63. The van der Waals surface area contributed by atoms with E-state index in [-0.39, 0.29) is 10.6 Å². The Morgan fingerprint density at radius 1 is 1.10 bits per heavy atom. The maximum absolute atomic E-state index is 12.1. The van der Waals surface area contributed by atoms with Crippen LogP contribution in [0, 0.1) is 0 Å². The van der Waals surface area contributed by atoms with Gasteiger partial charge in [-0.1, -0.05) is 31.2 Å². The van der Waals surface area contributed by atoms with E-state index in [0.717, 1.165) is 12.1 Å². The minimum Gasteiger partial charge on any atom is -0.456 e. The Morgan fingerprint density at radius 3 is 2.57 bits per heavy atom. The van der Waals surface area contributed by atoms with Gasteiger partial charge >= 0.3 is 0 Å². The molecule has 0 spiro atoms. The van der Waals surface area contributed by atoms with E-state index in [1.807, 2.05) is 31.3 Å². The van der Waals surface area contributed by atoms with Gasteiger partial charge in [-0.25, -0.2) is 8.42 Å². The number of para-hydroxylation sites is 1. The third-order valence-electron chi connectivity index (χ3n) is 3.07. The molecule has 0 heterocycles. The van der Waals surface area contributed by atoms with Crippen LogP contribution in [0.3, 0.4) is 0 Å². The van der Waals surface area contributed by atoms with Crippen molar-refractivity contribution in [2.45, 2.75) is 18.4 Å². The van der Waals surface area contributed by atoms with Crippen molar-refractivity contribution in [1.82, 2.24) is 5.32 Å². The lowest BCUT2D eigenvalue weighted by Gasteiger charge is -2.11. The van der Waals surface area contributed by atoms with Gasteiger partial charge in [0.1, 0.15) is 16.4 Å². The lowest BCUT2D eigenvalue weighted by atomic mass is 10.2. The third-order valence-corrected chi connectivity index (χ3v) is 4.84. The summed E-state index contributed by atoms with van der Waals surface area (Å²) < 4.78 is 30.0. The highest BCUT2D eigenvalue weighted by atomic mass is 32.2. The van der Waals surface area contributed by atoms with Crippen LogP contribution in [-0.4, -0.2) is 21.2 Å². The van der Waals surface area contributed by atoms with Gasteiger partial charge in [-0.3, -0.25) is 0 Å². The molecule has 0 saturated carbocycles. The summed E-state index contributed by atoms with van der Waals surface area (Å²) in [6, 6.07) is 14.3. The zero-order chi connectivity index (χ0) is 15.3. The molecule has 0 aliphatic heterocycles. The molecule has 0 atom stereocenters. The van der Waals surface area contributed by atoms with E-state index in [2.05, 4.69) is 5.32 Å². The summed E-state index contributed by atoms with van der Waals surface area (Å²) in [6.07, 6.45) is 0. The summed E-state index contributed by atoms with van der Waals surface area (Å²) in [5.41, 5.74) is 1.07. The quantitative estimate of drug-likeness (QED) is 0.891. The molecule has 0 aliphatic rings. The first kappa shape index (κ1) is 15.5. The molecule has 112 valence electrons. The van der Waals surface area contributed by atoms with Crippen LogP contribution >= 0.6 is 0 Å². The SMILES string of the molecule is CCS(=O)(=O)c1ccccc1Oc1cccc(CNC)c1. The number of ether oxygens (including phenoxy) is 1. The highest BCUT2D eigenvalue weighted by Gasteiger charge is 2.17. The first-order valence-corrected chi connectivity index (χ1v) is 8.45. The number of rotatable bonds is 6. The van der Waals surface area contributed by atoms with Crippen LogP contribution in [0.2, 0.25) is 0 Å². The van der Waals surface area contributed by atoms with E-state index in [1.165, 1.54) is 0 Å². The van der Waals surface area contributed by atoms with Crippen molar-refractivity contribution in [2.24, 2.45) is 0 Å². The third kappa shape index (κ3) is 3.83. The topological polar surface area (TPSA) is 55.4 Å². The Morgan fingerprint density at radius 2 is 1.86 bits per heavy atom. The molecule has 0 bridgehead atoms. The van der Waals surface area contributed by atoms with Crippen LogP contribution < -0.4 is 10.1 Å². The molecular weight excluding hydrogens is 286 g/mol. The van der Waals surface area contributed by atoms with Gasteiger partial charge in [-0.05, 0) is 36.9 Å². The average Bonchev–Trinajstić information content (AvgIpc) is 2.48. The molecule has 4 nitrogen and oxygen atoms in total. The Labute approximate surface area is 125 Å². The van der Waals surface area contributed by atoms with Gasteiger partial charge in [0, 0.05) is 6.54 Å². The lowest BCUT2D eigenvalue weighted by molar-refractivity contribution is 0.466. The average molecular weight is 305 g/mol. The highest BCUT2D eigenvalue weighted by molar-refractivity contribution is 7.91. The predicted octanol–water partition coefficient (Wildman–Crippen LogP) is 2.99. The van der Waals surface area contributed by atoms with Crippen LogP contribution in [0.5, 0.6) is 11.5 Å². The maximum Gasteiger partial charge on any atom is 0.181 e. The van der Waals surface area contributed by atoms with Crippen molar-refractivity contribution in [3.8, 4) is 11.5 Å². The van der Waals surface area contributed by atoms with Crippen molar-refractivity contribution in [2.75, 3.05) is 12.8 Å². The fourth-order valence-electron chi connectivity index (χ4n) is 2.00. The van der Waals surface area contributed by atoms with Gasteiger partial charge in [0.05, 0.1) is 5.75 Å². The van der Waals surface area contributed by atoms with Gasteiger partial charge in [0.15, 0.2) is 9.84 Å². The van der Waals surface area contributed by atoms with E-state index in [1.54, 1.807) is 31.2 Å². The van der Waals surface area contributed by atoms with Crippen molar-refractivity contribution in [1.29, 1.82) is 0 Å². The predicted molar refractivity (Wildman–Crippen MR) is 83.4 cm³/mol. The van der Waals surface area contributed by atoms with E-state index in [0.29, 0.717) is 11.5 Å². The van der Waals surface area contributed by atoms with E-state index < -0.39 is 9.84 Å². The Balaban J connectivity index is 2.34. The van der Waals surface area contributed by atoms with E-state index in [4.69, 9.17) is 4.74 Å². The normalized spacial score (nSPS) is 11.3. The van der Waals surface area contributed by atoms with Crippen molar-refractivity contribution in [3.63, 3.8) is 0 Å². The molecule has 0 aliphatic carbocycles. The van der Waals surface area contributed by atoms with Crippen LogP contribution in [0.25, 0.3) is 0 Å². The maximum atomic E-state index is 12.1. The van der Waals surface area contributed by atoms with Crippen LogP contribution in [0.1, 0.15) is 12.5 Å². The van der Waals surface area contributed by atoms with Gasteiger partial charge in [0.25, 0.3) is 0 Å². The molecule has 2 aromatic carbocycles. The van der Waals surface area contributed by atoms with Crippen molar-refractivity contribution < 1.29 is 13.2 Å². The zero-order valence-electron chi connectivity index (χ0n) is 12.2. The fourth-order valence-corrected chi connectivity index (χ4v) is 3.01. The van der Waals surface area contributed by atoms with Gasteiger partial charge in [-0.2, -0.15) is 0 Å². The minimum atomic E-state index is -3.31. The van der Waals surface area contributed by atoms with Gasteiger partial charge in [-0.15, -0.1) is 0 Å². The number of sulfone groups is 1. The first-order chi connectivity index (χ1) is 10.1. The fraction of sp³-hybridized carbons (Fsp3) is 0.250. The molecular formula is C16H19NO3S. The Kier molecular flexibility index (Phi) is 4.98. The van der Waals surface area contributed by atoms with Crippen molar-refractivity contribution >= 4 is 9.84 Å². The molecule has 2 aromatic rings. The highest BCUT2D eigenvalue weighted by Crippen LogP contribution is 2.29. The molecule has 5 heteroatoms. The summed E-state index contributed by atoms with van der Waals surface area (Å²) in [6.45, 7) is 2.35. The molecule has 0 fully saturated rings. The summed E-state index contributed by atoms with van der Waals surface area (Å²) in [5.74, 6) is 1.04. The standard InChI is InChI=1S/C16H19NO3S/c1-3-21(18,19)16-10-5-4-9-15(16)20-14-8-6-7-13(11-14)12-17-2/h4-11,17H,3,12H2,1-2H3. The molecule has 0 aromatic heterocycles. The molecule has 0 amide bonds. The van der Waals surface area contributed by atoms with Crippen LogP contribution in [0.15, 0.2) is 53.4 Å². The second kappa shape index (κ2) is 6.74. The molecule has 1 N–H and O–H groups in total. The number of hydrogen-bond donors (Lipinski definition) is 1. The van der Waals surface area contributed by atoms with Crippen molar-refractivity contribution in [3.05, 3.63) is 54.1 Å². The second-order valence-corrected chi connectivity index (χ2v) is 6.88. The molecule has 0 saturated heterocycles. The van der Waals surface area contributed by atoms with Crippen LogP contribution in [0.4, 0.5) is 0 Å². The summed E-state index contributed by atoms with van der Waals surface area (Å²) >= 11 is 0. The summed E-state index contributed by atoms with van der Waals surface area (Å²) in [7, 11) is -1.43. The smallest absolute Gasteiger partial charge is 0.181 e. The van der Waals surface area contributed by atoms with E-state index in [9.17, 15) is 8.42 Å². The number of nitrogens with one attached hydrogen (secondary N) is 1. The first-order valence-electron chi connectivity index (χ1n) is 6.80. The summed E-state index contributed by atoms with van der Waals surface area (Å²) in [5, 5.41) is 3.07. The molecule has 2 rings (SSSR count). The number of hydrogen-bond acceptors (Lipinski definition) is 4. The lowest BCUT2D eigenvalue weighted by Crippen LogP contribution is -2.06. The zero-order valence-corrected chi connectivity index (χ0v) is 13.0. The van der Waals surface area contributed by atoms with Crippen LogP contribution in [-0.2, 0) is 16.4 Å².